The van der Waals surface area contributed by atoms with E-state index in [1.807, 2.05) is 0 Å². The average molecular weight is 240 g/mol. The molecule has 7 heteroatoms. The Morgan fingerprint density at radius 1 is 1.41 bits per heavy atom. The van der Waals surface area contributed by atoms with Crippen LogP contribution < -0.4 is 4.74 Å². The molecule has 1 amide bonds. The van der Waals surface area contributed by atoms with Crippen LogP contribution >= 0.6 is 0 Å². The highest BCUT2D eigenvalue weighted by Crippen LogP contribution is 2.24. The summed E-state index contributed by atoms with van der Waals surface area (Å²) in [4.78, 5) is 26.7. The van der Waals surface area contributed by atoms with Crippen LogP contribution in [0, 0.1) is 10.1 Å². The molecule has 7 nitrogen and oxygen atoms in total. The van der Waals surface area contributed by atoms with Gasteiger partial charge in [0.2, 0.25) is 0 Å². The Morgan fingerprint density at radius 2 is 2.06 bits per heavy atom. The number of carbonyl (C=O) groups excluding carboxylic acids is 1. The third-order valence-corrected chi connectivity index (χ3v) is 2.19. The summed E-state index contributed by atoms with van der Waals surface area (Å²) in [5, 5.41) is 11.7. The number of ether oxygens (including phenoxy) is 1. The molecular formula is C10H12N2O5. The highest BCUT2D eigenvalue weighted by molar-refractivity contribution is 5.97. The lowest BCUT2D eigenvalue weighted by Crippen LogP contribution is -2.26. The fourth-order valence-corrected chi connectivity index (χ4v) is 1.23. The Labute approximate surface area is 97.6 Å². The van der Waals surface area contributed by atoms with Crippen LogP contribution in [0.1, 0.15) is 10.4 Å². The van der Waals surface area contributed by atoms with Crippen LogP contribution in [0.5, 0.6) is 5.75 Å². The van der Waals surface area contributed by atoms with E-state index >= 15 is 0 Å². The molecule has 0 N–H and O–H groups in total. The number of nitro benzene ring substituents is 1. The zero-order valence-electron chi connectivity index (χ0n) is 9.67. The summed E-state index contributed by atoms with van der Waals surface area (Å²) in [5.74, 6) is -0.249. The van der Waals surface area contributed by atoms with Gasteiger partial charge in [-0.3, -0.25) is 19.7 Å². The van der Waals surface area contributed by atoms with Crippen molar-refractivity contribution < 1.29 is 19.3 Å². The van der Waals surface area contributed by atoms with Gasteiger partial charge in [0, 0.05) is 13.1 Å². The number of hydrogen-bond acceptors (Lipinski definition) is 5. The van der Waals surface area contributed by atoms with Crippen molar-refractivity contribution in [3.63, 3.8) is 0 Å². The Morgan fingerprint density at radius 3 is 2.53 bits per heavy atom. The summed E-state index contributed by atoms with van der Waals surface area (Å²) in [6.07, 6.45) is 0. The van der Waals surface area contributed by atoms with Gasteiger partial charge in [-0.25, -0.2) is 5.06 Å². The lowest BCUT2D eigenvalue weighted by molar-refractivity contribution is -0.385. The van der Waals surface area contributed by atoms with E-state index in [0.29, 0.717) is 5.75 Å². The van der Waals surface area contributed by atoms with E-state index in [2.05, 4.69) is 0 Å². The average Bonchev–Trinajstić information content (AvgIpc) is 2.35. The monoisotopic (exact) mass is 240 g/mol. The minimum absolute atomic E-state index is 0.0845. The number of benzene rings is 1. The number of hydrogen-bond donors (Lipinski definition) is 0. The summed E-state index contributed by atoms with van der Waals surface area (Å²) in [6.45, 7) is 0. The van der Waals surface area contributed by atoms with Gasteiger partial charge in [-0.2, -0.15) is 0 Å². The molecule has 0 radical (unpaired) electrons. The van der Waals surface area contributed by atoms with E-state index in [1.165, 1.54) is 39.5 Å². The van der Waals surface area contributed by atoms with E-state index in [0.717, 1.165) is 5.06 Å². The van der Waals surface area contributed by atoms with Gasteiger partial charge in [0.25, 0.3) is 11.6 Å². The fourth-order valence-electron chi connectivity index (χ4n) is 1.23. The van der Waals surface area contributed by atoms with Crippen LogP contribution in [0.4, 0.5) is 5.69 Å². The SMILES string of the molecule is COc1ccc([N+](=O)[O-])c(C(=O)N(C)OC)c1. The minimum atomic E-state index is -0.629. The summed E-state index contributed by atoms with van der Waals surface area (Å²) in [7, 11) is 4.07. The molecule has 0 aliphatic rings. The Kier molecular flexibility index (Phi) is 4.00. The topological polar surface area (TPSA) is 81.9 Å². The normalized spacial score (nSPS) is 9.82. The van der Waals surface area contributed by atoms with Crippen LogP contribution in [0.2, 0.25) is 0 Å². The molecule has 0 spiro atoms. The molecule has 0 unspecified atom stereocenters. The Balaban J connectivity index is 3.26. The van der Waals surface area contributed by atoms with Crippen molar-refractivity contribution in [1.29, 1.82) is 0 Å². The molecule has 1 aromatic carbocycles. The molecular weight excluding hydrogens is 228 g/mol. The van der Waals surface area contributed by atoms with Gasteiger partial charge in [-0.05, 0) is 12.1 Å². The number of rotatable bonds is 4. The molecule has 92 valence electrons. The van der Waals surface area contributed by atoms with Gasteiger partial charge >= 0.3 is 0 Å². The highest BCUT2D eigenvalue weighted by Gasteiger charge is 2.23. The van der Waals surface area contributed by atoms with E-state index in [9.17, 15) is 14.9 Å². The van der Waals surface area contributed by atoms with Gasteiger partial charge in [0.15, 0.2) is 0 Å². The largest absolute Gasteiger partial charge is 0.497 e. The Hall–Kier alpha value is -2.15. The molecule has 0 atom stereocenters. The van der Waals surface area contributed by atoms with Crippen molar-refractivity contribution in [3.05, 3.63) is 33.9 Å². The lowest BCUT2D eigenvalue weighted by Gasteiger charge is -2.14. The zero-order valence-corrected chi connectivity index (χ0v) is 9.67. The van der Waals surface area contributed by atoms with Crippen molar-refractivity contribution in [1.82, 2.24) is 5.06 Å². The third-order valence-electron chi connectivity index (χ3n) is 2.19. The van der Waals surface area contributed by atoms with Crippen LogP contribution in [-0.4, -0.2) is 37.2 Å². The first-order valence-electron chi connectivity index (χ1n) is 4.65. The van der Waals surface area contributed by atoms with Gasteiger partial charge in [0.1, 0.15) is 11.3 Å². The second-order valence-electron chi connectivity index (χ2n) is 3.13. The van der Waals surface area contributed by atoms with Gasteiger partial charge in [-0.1, -0.05) is 0 Å². The van der Waals surface area contributed by atoms with Crippen LogP contribution in [-0.2, 0) is 4.84 Å². The van der Waals surface area contributed by atoms with Gasteiger partial charge in [0.05, 0.1) is 19.1 Å². The molecule has 0 aromatic heterocycles. The molecule has 0 fully saturated rings. The second-order valence-corrected chi connectivity index (χ2v) is 3.13. The molecule has 0 heterocycles. The van der Waals surface area contributed by atoms with E-state index < -0.39 is 10.8 Å². The van der Waals surface area contributed by atoms with Crippen LogP contribution in [0.25, 0.3) is 0 Å². The van der Waals surface area contributed by atoms with E-state index in [4.69, 9.17) is 9.57 Å². The summed E-state index contributed by atoms with van der Waals surface area (Å²) in [5.41, 5.74) is -0.376. The maximum Gasteiger partial charge on any atom is 0.284 e. The first-order chi connectivity index (χ1) is 8.01. The number of nitrogens with zero attached hydrogens (tertiary/aromatic N) is 2. The number of nitro groups is 1. The first kappa shape index (κ1) is 12.9. The number of carbonyl (C=O) groups is 1. The van der Waals surface area contributed by atoms with Crippen molar-refractivity contribution in [2.75, 3.05) is 21.3 Å². The van der Waals surface area contributed by atoms with Crippen LogP contribution in [0.3, 0.4) is 0 Å². The first-order valence-corrected chi connectivity index (χ1v) is 4.65. The van der Waals surface area contributed by atoms with Crippen LogP contribution in [0.15, 0.2) is 18.2 Å². The maximum absolute atomic E-state index is 11.8. The number of methoxy groups -OCH3 is 1. The standard InChI is InChI=1S/C10H12N2O5/c1-11(17-3)10(13)8-6-7(16-2)4-5-9(8)12(14)15/h4-6H,1-3H3. The third kappa shape index (κ3) is 2.70. The number of amides is 1. The van der Waals surface area contributed by atoms with E-state index in [-0.39, 0.29) is 11.3 Å². The lowest BCUT2D eigenvalue weighted by atomic mass is 10.1. The van der Waals surface area contributed by atoms with Crippen molar-refractivity contribution in [2.24, 2.45) is 0 Å². The van der Waals surface area contributed by atoms with Gasteiger partial charge in [-0.15, -0.1) is 0 Å². The zero-order chi connectivity index (χ0) is 13.0. The molecule has 0 saturated carbocycles. The Bertz CT molecular complexity index is 446. The quantitative estimate of drug-likeness (QED) is 0.584. The van der Waals surface area contributed by atoms with Crippen molar-refractivity contribution >= 4 is 11.6 Å². The summed E-state index contributed by atoms with van der Waals surface area (Å²) >= 11 is 0. The maximum atomic E-state index is 11.8. The minimum Gasteiger partial charge on any atom is -0.497 e. The molecule has 1 rings (SSSR count). The molecule has 0 aliphatic carbocycles. The second kappa shape index (κ2) is 5.26. The number of hydroxylamine groups is 2. The highest BCUT2D eigenvalue weighted by atomic mass is 16.7. The van der Waals surface area contributed by atoms with Gasteiger partial charge < -0.3 is 4.74 Å². The fraction of sp³-hybridized carbons (Fsp3) is 0.300. The van der Waals surface area contributed by atoms with Crippen molar-refractivity contribution in [3.8, 4) is 5.75 Å². The van der Waals surface area contributed by atoms with Crippen molar-refractivity contribution in [2.45, 2.75) is 0 Å². The summed E-state index contributed by atoms with van der Waals surface area (Å²) < 4.78 is 4.92. The molecule has 0 bridgehead atoms. The predicted molar refractivity (Wildman–Crippen MR) is 58.8 cm³/mol. The molecule has 1 aromatic rings. The predicted octanol–water partition coefficient (Wildman–Crippen LogP) is 1.24. The molecule has 17 heavy (non-hydrogen) atoms. The smallest absolute Gasteiger partial charge is 0.284 e. The van der Waals surface area contributed by atoms with E-state index in [1.54, 1.807) is 0 Å². The molecule has 0 saturated heterocycles. The molecule has 0 aliphatic heterocycles. The summed E-state index contributed by atoms with van der Waals surface area (Å²) in [6, 6.07) is 3.94.